The first-order chi connectivity index (χ1) is 19.6. The van der Waals surface area contributed by atoms with Crippen LogP contribution in [0.25, 0.3) is 11.1 Å². The Labute approximate surface area is 250 Å². The van der Waals surface area contributed by atoms with Gasteiger partial charge in [-0.2, -0.15) is 0 Å². The van der Waals surface area contributed by atoms with E-state index in [9.17, 15) is 25.9 Å². The summed E-state index contributed by atoms with van der Waals surface area (Å²) < 4.78 is 62.4. The Morgan fingerprint density at radius 1 is 0.558 bits per heavy atom. The summed E-state index contributed by atoms with van der Waals surface area (Å²) in [4.78, 5) is 0. The molecule has 4 aromatic rings. The maximum Gasteiger partial charge on any atom is 0.762 e. The number of hydrogen-bond acceptors (Lipinski definition) is 0. The first-order valence-electron chi connectivity index (χ1n) is 13.5. The largest absolute Gasteiger partial charge is 1.00 e. The van der Waals surface area contributed by atoms with Crippen LogP contribution in [0.5, 0.6) is 0 Å². The molecule has 1 atom stereocenters. The van der Waals surface area contributed by atoms with Crippen molar-refractivity contribution in [2.75, 3.05) is 0 Å². The molecule has 2 aromatic carbocycles. The summed E-state index contributed by atoms with van der Waals surface area (Å²) >= 11 is 0. The molecule has 0 saturated heterocycles. The summed E-state index contributed by atoms with van der Waals surface area (Å²) in [6.45, 7) is 8.59. The second-order valence-electron chi connectivity index (χ2n) is 9.29. The first-order valence-corrected chi connectivity index (χ1v) is 13.5. The quantitative estimate of drug-likeness (QED) is 0.164. The Bertz CT molecular complexity index is 1080. The van der Waals surface area contributed by atoms with Crippen LogP contribution >= 0.6 is 0 Å². The maximum atomic E-state index is 9.67. The molecule has 234 valence electrons. The van der Waals surface area contributed by atoms with Gasteiger partial charge in [-0.05, 0) is 17.0 Å². The van der Waals surface area contributed by atoms with Crippen molar-refractivity contribution >= 4 is 15.1 Å². The highest BCUT2D eigenvalue weighted by atomic mass is 19.4. The molecule has 0 radical (unpaired) electrons. The van der Waals surface area contributed by atoms with Crippen molar-refractivity contribution < 1.29 is 44.4 Å². The molecule has 12 heteroatoms. The zero-order valence-corrected chi connectivity index (χ0v) is 24.6. The van der Waals surface area contributed by atoms with Gasteiger partial charge in [-0.15, -0.1) is 0 Å². The van der Waals surface area contributed by atoms with Crippen LogP contribution in [0.4, 0.5) is 25.9 Å². The smallest absolute Gasteiger partial charge is 0.762 e. The van der Waals surface area contributed by atoms with Crippen LogP contribution in [0.3, 0.4) is 0 Å². The summed E-state index contributed by atoms with van der Waals surface area (Å²) in [5.41, 5.74) is 5.10. The third-order valence-electron chi connectivity index (χ3n) is 6.01. The SMILES string of the molecule is CCCC(C)CC.FB(F)F.FB(F)F.[F-].[F-].c1ccc(C[n+]2ccc(-c3cc[n+](Cc4ccccc4)cc3)cc2)cc1. The van der Waals surface area contributed by atoms with Crippen LogP contribution in [-0.2, 0) is 13.1 Å². The Morgan fingerprint density at radius 3 is 1.09 bits per heavy atom. The molecule has 0 amide bonds. The normalized spacial score (nSPS) is 9.98. The minimum absolute atomic E-state index is 0. The summed E-state index contributed by atoms with van der Waals surface area (Å²) in [6.07, 6.45) is 12.7. The minimum atomic E-state index is -3.67. The molecule has 0 spiro atoms. The number of rotatable bonds is 8. The maximum absolute atomic E-state index is 9.67. The predicted octanol–water partition coefficient (Wildman–Crippen LogP) is 2.63. The minimum Gasteiger partial charge on any atom is -1.00 e. The van der Waals surface area contributed by atoms with Gasteiger partial charge in [0.25, 0.3) is 0 Å². The lowest BCUT2D eigenvalue weighted by Gasteiger charge is -2.02. The van der Waals surface area contributed by atoms with Crippen molar-refractivity contribution in [2.24, 2.45) is 5.92 Å². The highest BCUT2D eigenvalue weighted by molar-refractivity contribution is 6.33. The highest BCUT2D eigenvalue weighted by Gasteiger charge is 2.08. The molecule has 0 N–H and O–H groups in total. The van der Waals surface area contributed by atoms with Gasteiger partial charge >= 0.3 is 15.1 Å². The van der Waals surface area contributed by atoms with E-state index < -0.39 is 15.1 Å². The molecule has 2 aromatic heterocycles. The Balaban J connectivity index is 0. The lowest BCUT2D eigenvalue weighted by Crippen LogP contribution is -3.00. The van der Waals surface area contributed by atoms with E-state index in [1.54, 1.807) is 0 Å². The van der Waals surface area contributed by atoms with E-state index in [1.165, 1.54) is 41.5 Å². The number of halogens is 8. The van der Waals surface area contributed by atoms with E-state index in [2.05, 4.69) is 140 Å². The van der Waals surface area contributed by atoms with Crippen molar-refractivity contribution in [2.45, 2.75) is 53.1 Å². The third-order valence-corrected chi connectivity index (χ3v) is 6.01. The van der Waals surface area contributed by atoms with Crippen LogP contribution in [0.2, 0.25) is 0 Å². The number of benzene rings is 2. The zero-order chi connectivity index (χ0) is 30.5. The molecular formula is C31H38B2F8N2. The molecule has 0 aliphatic carbocycles. The number of nitrogens with zero attached hydrogens (tertiary/aromatic N) is 2. The predicted molar refractivity (Wildman–Crippen MR) is 156 cm³/mol. The van der Waals surface area contributed by atoms with Gasteiger partial charge in [-0.25, -0.2) is 9.13 Å². The van der Waals surface area contributed by atoms with Gasteiger partial charge in [-0.1, -0.05) is 101 Å². The second kappa shape index (κ2) is 24.9. The standard InChI is InChI=1S/C24H22N2.C7H16.2BF3.2FH/c1-3-7-21(8-4-1)19-25-15-11-23(12-16-25)24-13-17-26(18-14-24)20-22-9-5-2-6-10-22;1-4-6-7(3)5-2;2*2-1(3)4;;/h1-18H,19-20H2;7H,4-6H2,1-3H3;;;2*1H/q+2;;;;;/p-2. The van der Waals surface area contributed by atoms with Crippen LogP contribution in [0.1, 0.15) is 51.2 Å². The van der Waals surface area contributed by atoms with E-state index in [-0.39, 0.29) is 9.41 Å². The molecular weight excluding hydrogens is 574 g/mol. The van der Waals surface area contributed by atoms with E-state index in [0.717, 1.165) is 19.0 Å². The molecule has 0 fully saturated rings. The number of hydrogen-bond donors (Lipinski definition) is 0. The molecule has 1 unspecified atom stereocenters. The second-order valence-corrected chi connectivity index (χ2v) is 9.29. The van der Waals surface area contributed by atoms with Gasteiger partial charge < -0.3 is 9.41 Å². The van der Waals surface area contributed by atoms with Crippen LogP contribution in [0, 0.1) is 5.92 Å². The van der Waals surface area contributed by atoms with Crippen molar-refractivity contribution in [3.05, 3.63) is 121 Å². The van der Waals surface area contributed by atoms with Crippen LogP contribution < -0.4 is 18.5 Å². The lowest BCUT2D eigenvalue weighted by molar-refractivity contribution is -0.688. The van der Waals surface area contributed by atoms with E-state index in [0.29, 0.717) is 0 Å². The molecule has 0 saturated carbocycles. The topological polar surface area (TPSA) is 7.76 Å². The average Bonchev–Trinajstić information content (AvgIpc) is 2.95. The monoisotopic (exact) mass is 612 g/mol. The van der Waals surface area contributed by atoms with Crippen LogP contribution in [0.15, 0.2) is 110 Å². The van der Waals surface area contributed by atoms with E-state index in [1.807, 2.05) is 0 Å². The molecule has 2 heterocycles. The first kappa shape index (κ1) is 41.4. The lowest BCUT2D eigenvalue weighted by atomic mass is 10.0. The summed E-state index contributed by atoms with van der Waals surface area (Å²) in [6, 6.07) is 29.8. The fourth-order valence-electron chi connectivity index (χ4n) is 3.80. The van der Waals surface area contributed by atoms with Crippen molar-refractivity contribution in [3.63, 3.8) is 0 Å². The van der Waals surface area contributed by atoms with Gasteiger partial charge in [-0.3, -0.25) is 25.9 Å². The van der Waals surface area contributed by atoms with Crippen molar-refractivity contribution in [3.8, 4) is 11.1 Å². The molecule has 0 aliphatic rings. The Morgan fingerprint density at radius 2 is 0.860 bits per heavy atom. The summed E-state index contributed by atoms with van der Waals surface area (Å²) in [5, 5.41) is 0. The molecule has 0 bridgehead atoms. The molecule has 2 nitrogen and oxygen atoms in total. The average molecular weight is 612 g/mol. The zero-order valence-electron chi connectivity index (χ0n) is 24.6. The summed E-state index contributed by atoms with van der Waals surface area (Å²) in [7, 11) is -7.33. The third kappa shape index (κ3) is 20.8. The van der Waals surface area contributed by atoms with Gasteiger partial charge in [0.15, 0.2) is 37.9 Å². The molecule has 0 aliphatic heterocycles. The Hall–Kier alpha value is -3.69. The Kier molecular flexibility index (Phi) is 24.0. The molecule has 43 heavy (non-hydrogen) atoms. The highest BCUT2D eigenvalue weighted by Crippen LogP contribution is 2.16. The summed E-state index contributed by atoms with van der Waals surface area (Å²) in [5.74, 6) is 0.949. The van der Waals surface area contributed by atoms with E-state index >= 15 is 0 Å². The van der Waals surface area contributed by atoms with E-state index in [4.69, 9.17) is 0 Å². The van der Waals surface area contributed by atoms with Crippen molar-refractivity contribution in [1.29, 1.82) is 0 Å². The van der Waals surface area contributed by atoms with Gasteiger partial charge in [0.2, 0.25) is 0 Å². The number of aromatic nitrogens is 2. The molecule has 4 rings (SSSR count). The van der Waals surface area contributed by atoms with Gasteiger partial charge in [0.1, 0.15) is 0 Å². The fraction of sp³-hybridized carbons (Fsp3) is 0.290. The number of pyridine rings is 2. The van der Waals surface area contributed by atoms with Gasteiger partial charge in [0, 0.05) is 35.4 Å². The fourth-order valence-corrected chi connectivity index (χ4v) is 3.80. The van der Waals surface area contributed by atoms with Crippen molar-refractivity contribution in [1.82, 2.24) is 0 Å². The van der Waals surface area contributed by atoms with Gasteiger partial charge in [0.05, 0.1) is 0 Å². The van der Waals surface area contributed by atoms with Crippen LogP contribution in [-0.4, -0.2) is 15.1 Å².